The van der Waals surface area contributed by atoms with Crippen LogP contribution < -0.4 is 5.32 Å². The van der Waals surface area contributed by atoms with Crippen molar-refractivity contribution in [1.82, 2.24) is 5.32 Å². The van der Waals surface area contributed by atoms with Crippen LogP contribution in [-0.2, 0) is 14.3 Å². The number of ether oxygens (including phenoxy) is 2. The van der Waals surface area contributed by atoms with Gasteiger partial charge in [0.05, 0.1) is 12.0 Å². The normalized spacial score (nSPS) is 34.9. The van der Waals surface area contributed by atoms with Gasteiger partial charge in [-0.15, -0.1) is 0 Å². The molecule has 0 aromatic carbocycles. The first kappa shape index (κ1) is 16.0. The Bertz CT molecular complexity index is 465. The highest BCUT2D eigenvalue weighted by atomic mass is 16.6. The molecule has 4 atom stereocenters. The standard InChI is InChI=1S/C16H25NO4/c1-6-10-12-8-9-16(20-12,11(7-2)13(10)18)17-14(19)21-15(3,4)5/h8-12H,6-7H2,1-5H3,(H,17,19)/t10-,11+,12-,16+/m1/s1. The van der Waals surface area contributed by atoms with Gasteiger partial charge in [-0.2, -0.15) is 0 Å². The number of rotatable bonds is 3. The highest BCUT2D eigenvalue weighted by Gasteiger charge is 2.55. The molecule has 2 bridgehead atoms. The summed E-state index contributed by atoms with van der Waals surface area (Å²) in [5, 5.41) is 2.77. The molecule has 0 radical (unpaired) electrons. The predicted molar refractivity (Wildman–Crippen MR) is 78.7 cm³/mol. The minimum absolute atomic E-state index is 0.123. The molecular weight excluding hydrogens is 270 g/mol. The maximum absolute atomic E-state index is 12.6. The van der Waals surface area contributed by atoms with Crippen molar-refractivity contribution < 1.29 is 19.1 Å². The summed E-state index contributed by atoms with van der Waals surface area (Å²) in [7, 11) is 0. The topological polar surface area (TPSA) is 64.6 Å². The largest absolute Gasteiger partial charge is 0.444 e. The molecule has 21 heavy (non-hydrogen) atoms. The van der Waals surface area contributed by atoms with E-state index >= 15 is 0 Å². The lowest BCUT2D eigenvalue weighted by molar-refractivity contribution is -0.167. The summed E-state index contributed by atoms with van der Waals surface area (Å²) < 4.78 is 11.3. The van der Waals surface area contributed by atoms with Gasteiger partial charge in [-0.1, -0.05) is 19.9 Å². The number of Topliss-reactive ketones (excluding diaryl/α,β-unsaturated/α-hetero) is 1. The SMILES string of the molecule is CC[C@H]1C(=O)[C@H](CC)[C@]2(NC(=O)OC(C)(C)C)C=C[C@H]1O2. The van der Waals surface area contributed by atoms with Gasteiger partial charge in [0.2, 0.25) is 0 Å². The zero-order chi connectivity index (χ0) is 15.8. The molecule has 2 heterocycles. The Labute approximate surface area is 126 Å². The first-order chi connectivity index (χ1) is 9.72. The molecule has 1 fully saturated rings. The second kappa shape index (κ2) is 5.44. The molecule has 5 heteroatoms. The van der Waals surface area contributed by atoms with Crippen molar-refractivity contribution in [2.75, 3.05) is 0 Å². The van der Waals surface area contributed by atoms with Crippen molar-refractivity contribution in [3.8, 4) is 0 Å². The number of nitrogens with one attached hydrogen (secondary N) is 1. The van der Waals surface area contributed by atoms with Gasteiger partial charge in [-0.3, -0.25) is 10.1 Å². The lowest BCUT2D eigenvalue weighted by Crippen LogP contribution is -2.61. The highest BCUT2D eigenvalue weighted by molar-refractivity contribution is 5.88. The number of fused-ring (bicyclic) bond motifs is 2. The van der Waals surface area contributed by atoms with Gasteiger partial charge in [0, 0.05) is 5.92 Å². The van der Waals surface area contributed by atoms with Crippen molar-refractivity contribution in [2.24, 2.45) is 11.8 Å². The number of carbonyl (C=O) groups excluding carboxylic acids is 2. The van der Waals surface area contributed by atoms with Crippen LogP contribution in [0.5, 0.6) is 0 Å². The molecule has 2 aliphatic heterocycles. The molecule has 2 aliphatic rings. The van der Waals surface area contributed by atoms with Crippen molar-refractivity contribution in [2.45, 2.75) is 64.9 Å². The number of hydrogen-bond acceptors (Lipinski definition) is 4. The van der Waals surface area contributed by atoms with E-state index in [0.29, 0.717) is 6.42 Å². The van der Waals surface area contributed by atoms with Crippen molar-refractivity contribution in [3.05, 3.63) is 12.2 Å². The molecular formula is C16H25NO4. The van der Waals surface area contributed by atoms with Gasteiger partial charge in [0.1, 0.15) is 11.4 Å². The van der Waals surface area contributed by atoms with Crippen LogP contribution >= 0.6 is 0 Å². The Hall–Kier alpha value is -1.36. The second-order valence-corrected chi connectivity index (χ2v) is 6.74. The lowest BCUT2D eigenvalue weighted by atomic mass is 9.79. The Morgan fingerprint density at radius 2 is 2.05 bits per heavy atom. The number of carbonyl (C=O) groups is 2. The Balaban J connectivity index is 2.20. The first-order valence-electron chi connectivity index (χ1n) is 7.64. The summed E-state index contributed by atoms with van der Waals surface area (Å²) in [5.74, 6) is -0.329. The van der Waals surface area contributed by atoms with Gasteiger partial charge in [-0.25, -0.2) is 4.79 Å². The number of alkyl carbamates (subject to hydrolysis) is 1. The Kier molecular flexibility index (Phi) is 4.15. The molecule has 0 unspecified atom stereocenters. The number of hydrogen-bond donors (Lipinski definition) is 1. The predicted octanol–water partition coefficient (Wildman–Crippen LogP) is 2.80. The lowest BCUT2D eigenvalue weighted by Gasteiger charge is -2.42. The second-order valence-electron chi connectivity index (χ2n) is 6.74. The van der Waals surface area contributed by atoms with Crippen molar-refractivity contribution in [3.63, 3.8) is 0 Å². The molecule has 0 aromatic rings. The summed E-state index contributed by atoms with van der Waals surface area (Å²) in [4.78, 5) is 24.7. The van der Waals surface area contributed by atoms with E-state index in [9.17, 15) is 9.59 Å². The van der Waals surface area contributed by atoms with E-state index < -0.39 is 17.4 Å². The molecule has 118 valence electrons. The summed E-state index contributed by atoms with van der Waals surface area (Å²) in [5.41, 5.74) is -1.64. The van der Waals surface area contributed by atoms with Crippen LogP contribution in [0.1, 0.15) is 47.5 Å². The van der Waals surface area contributed by atoms with Gasteiger partial charge >= 0.3 is 6.09 Å². The molecule has 1 saturated heterocycles. The van der Waals surface area contributed by atoms with Gasteiger partial charge in [0.25, 0.3) is 0 Å². The smallest absolute Gasteiger partial charge is 0.410 e. The first-order valence-corrected chi connectivity index (χ1v) is 7.64. The van der Waals surface area contributed by atoms with Crippen LogP contribution in [0.2, 0.25) is 0 Å². The van der Waals surface area contributed by atoms with Gasteiger partial charge in [-0.05, 0) is 39.7 Å². The molecule has 0 saturated carbocycles. The van der Waals surface area contributed by atoms with Crippen molar-refractivity contribution in [1.29, 1.82) is 0 Å². The fourth-order valence-corrected chi connectivity index (χ4v) is 3.15. The van der Waals surface area contributed by atoms with E-state index in [1.54, 1.807) is 20.8 Å². The van der Waals surface area contributed by atoms with Crippen LogP contribution in [-0.4, -0.2) is 29.3 Å². The van der Waals surface area contributed by atoms with Crippen molar-refractivity contribution >= 4 is 11.9 Å². The molecule has 2 rings (SSSR count). The zero-order valence-corrected chi connectivity index (χ0v) is 13.4. The molecule has 0 aliphatic carbocycles. The highest BCUT2D eigenvalue weighted by Crippen LogP contribution is 2.42. The average Bonchev–Trinajstić information content (AvgIpc) is 2.68. The van der Waals surface area contributed by atoms with E-state index in [1.807, 2.05) is 26.0 Å². The monoisotopic (exact) mass is 295 g/mol. The number of amides is 1. The molecule has 5 nitrogen and oxygen atoms in total. The maximum Gasteiger partial charge on any atom is 0.410 e. The average molecular weight is 295 g/mol. The van der Waals surface area contributed by atoms with Crippen LogP contribution in [0.15, 0.2) is 12.2 Å². The van der Waals surface area contributed by atoms with E-state index in [1.165, 1.54) is 0 Å². The molecule has 1 amide bonds. The molecule has 1 N–H and O–H groups in total. The quantitative estimate of drug-likeness (QED) is 0.813. The maximum atomic E-state index is 12.6. The third-order valence-corrected chi connectivity index (χ3v) is 4.03. The van der Waals surface area contributed by atoms with Gasteiger partial charge < -0.3 is 9.47 Å². The van der Waals surface area contributed by atoms with E-state index in [4.69, 9.17) is 9.47 Å². The Morgan fingerprint density at radius 1 is 1.38 bits per heavy atom. The molecule has 0 aromatic heterocycles. The fourth-order valence-electron chi connectivity index (χ4n) is 3.15. The number of ketones is 1. The van der Waals surface area contributed by atoms with Crippen LogP contribution in [0.25, 0.3) is 0 Å². The third kappa shape index (κ3) is 2.98. The third-order valence-electron chi connectivity index (χ3n) is 4.03. The summed E-state index contributed by atoms with van der Waals surface area (Å²) >= 11 is 0. The minimum atomic E-state index is -1.05. The van der Waals surface area contributed by atoms with Crippen LogP contribution in [0.4, 0.5) is 4.79 Å². The van der Waals surface area contributed by atoms with E-state index in [2.05, 4.69) is 5.32 Å². The van der Waals surface area contributed by atoms with E-state index in [-0.39, 0.29) is 23.7 Å². The minimum Gasteiger partial charge on any atom is -0.444 e. The summed E-state index contributed by atoms with van der Waals surface area (Å²) in [6, 6.07) is 0. The fraction of sp³-hybridized carbons (Fsp3) is 0.750. The zero-order valence-electron chi connectivity index (χ0n) is 13.4. The van der Waals surface area contributed by atoms with Gasteiger partial charge in [0.15, 0.2) is 5.72 Å². The summed E-state index contributed by atoms with van der Waals surface area (Å²) in [6.45, 7) is 9.32. The molecule has 0 spiro atoms. The van der Waals surface area contributed by atoms with Crippen LogP contribution in [0.3, 0.4) is 0 Å². The van der Waals surface area contributed by atoms with E-state index in [0.717, 1.165) is 6.42 Å². The van der Waals surface area contributed by atoms with Crippen LogP contribution in [0, 0.1) is 11.8 Å². The Morgan fingerprint density at radius 3 is 2.57 bits per heavy atom. The summed E-state index contributed by atoms with van der Waals surface area (Å²) in [6.07, 6.45) is 4.24.